The lowest BCUT2D eigenvalue weighted by molar-refractivity contribution is -0.384. The van der Waals surface area contributed by atoms with Crippen LogP contribution < -0.4 is 0 Å². The van der Waals surface area contributed by atoms with Crippen molar-refractivity contribution in [1.29, 1.82) is 0 Å². The summed E-state index contributed by atoms with van der Waals surface area (Å²) >= 11 is 0. The van der Waals surface area contributed by atoms with Crippen molar-refractivity contribution in [1.82, 2.24) is 20.0 Å². The van der Waals surface area contributed by atoms with Crippen LogP contribution >= 0.6 is 0 Å². The van der Waals surface area contributed by atoms with Crippen molar-refractivity contribution in [2.24, 2.45) is 0 Å². The molecule has 164 valence electrons. The molecule has 3 rings (SSSR count). The first-order chi connectivity index (χ1) is 14.7. The van der Waals surface area contributed by atoms with Crippen LogP contribution in [-0.2, 0) is 11.3 Å². The first-order valence-corrected chi connectivity index (χ1v) is 10.8. The number of non-ortho nitro benzene ring substituents is 1. The van der Waals surface area contributed by atoms with Gasteiger partial charge in [-0.1, -0.05) is 26.2 Å². The SMILES string of the molecule is CCCCCCN(CCN1CCOCC1)Cc1nnc(-c2ccc([N+](=O)[O-])cc2)o1. The van der Waals surface area contributed by atoms with Gasteiger partial charge in [0.25, 0.3) is 5.69 Å². The van der Waals surface area contributed by atoms with Gasteiger partial charge in [0.05, 0.1) is 24.7 Å². The van der Waals surface area contributed by atoms with E-state index in [1.807, 2.05) is 0 Å². The normalized spacial score (nSPS) is 15.0. The molecule has 0 bridgehead atoms. The van der Waals surface area contributed by atoms with Crippen LogP contribution in [-0.4, -0.2) is 70.9 Å². The van der Waals surface area contributed by atoms with E-state index in [1.54, 1.807) is 12.1 Å². The molecule has 1 aliphatic heterocycles. The summed E-state index contributed by atoms with van der Waals surface area (Å²) in [6.07, 6.45) is 4.85. The molecule has 2 heterocycles. The molecule has 0 aliphatic carbocycles. The van der Waals surface area contributed by atoms with Crippen molar-refractivity contribution >= 4 is 5.69 Å². The summed E-state index contributed by atoms with van der Waals surface area (Å²) in [5.41, 5.74) is 0.724. The largest absolute Gasteiger partial charge is 0.419 e. The molecular weight excluding hydrogens is 386 g/mol. The van der Waals surface area contributed by atoms with Gasteiger partial charge in [-0.2, -0.15) is 0 Å². The molecule has 0 unspecified atom stereocenters. The monoisotopic (exact) mass is 417 g/mol. The number of hydrogen-bond donors (Lipinski definition) is 0. The van der Waals surface area contributed by atoms with Crippen LogP contribution in [0.1, 0.15) is 38.5 Å². The van der Waals surface area contributed by atoms with E-state index in [-0.39, 0.29) is 5.69 Å². The molecule has 1 fully saturated rings. The van der Waals surface area contributed by atoms with Crippen molar-refractivity contribution in [2.45, 2.75) is 39.2 Å². The fraction of sp³-hybridized carbons (Fsp3) is 0.619. The number of aromatic nitrogens is 2. The second-order valence-electron chi connectivity index (χ2n) is 7.60. The van der Waals surface area contributed by atoms with E-state index in [1.165, 1.54) is 31.4 Å². The van der Waals surface area contributed by atoms with E-state index in [9.17, 15) is 10.1 Å². The minimum Gasteiger partial charge on any atom is -0.419 e. The lowest BCUT2D eigenvalue weighted by Crippen LogP contribution is -2.41. The minimum absolute atomic E-state index is 0.0415. The molecular formula is C21H31N5O4. The summed E-state index contributed by atoms with van der Waals surface area (Å²) in [6.45, 7) is 9.34. The summed E-state index contributed by atoms with van der Waals surface area (Å²) in [6, 6.07) is 6.16. The predicted octanol–water partition coefficient (Wildman–Crippen LogP) is 3.36. The number of nitrogens with zero attached hydrogens (tertiary/aromatic N) is 5. The highest BCUT2D eigenvalue weighted by Crippen LogP contribution is 2.21. The smallest absolute Gasteiger partial charge is 0.269 e. The number of unbranched alkanes of at least 4 members (excludes halogenated alkanes) is 3. The second kappa shape index (κ2) is 11.7. The van der Waals surface area contributed by atoms with E-state index in [4.69, 9.17) is 9.15 Å². The maximum Gasteiger partial charge on any atom is 0.269 e. The highest BCUT2D eigenvalue weighted by molar-refractivity contribution is 5.55. The van der Waals surface area contributed by atoms with E-state index < -0.39 is 4.92 Å². The number of ether oxygens (including phenoxy) is 1. The standard InChI is InChI=1S/C21H31N5O4/c1-2-3-4-5-10-25(12-11-24-13-15-29-16-14-24)17-20-22-23-21(30-20)18-6-8-19(9-7-18)26(27)28/h6-9H,2-5,10-17H2,1H3. The number of nitro benzene ring substituents is 1. The van der Waals surface area contributed by atoms with E-state index in [2.05, 4.69) is 26.9 Å². The average molecular weight is 418 g/mol. The molecule has 0 radical (unpaired) electrons. The number of benzene rings is 1. The van der Waals surface area contributed by atoms with Gasteiger partial charge in [-0.05, 0) is 25.1 Å². The van der Waals surface area contributed by atoms with Crippen LogP contribution in [0.3, 0.4) is 0 Å². The van der Waals surface area contributed by atoms with Crippen LogP contribution in [0.2, 0.25) is 0 Å². The Morgan fingerprint density at radius 2 is 1.87 bits per heavy atom. The zero-order valence-corrected chi connectivity index (χ0v) is 17.7. The third-order valence-electron chi connectivity index (χ3n) is 5.31. The molecule has 0 saturated carbocycles. The van der Waals surface area contributed by atoms with Crippen molar-refractivity contribution in [2.75, 3.05) is 45.9 Å². The minimum atomic E-state index is -0.423. The van der Waals surface area contributed by atoms with Gasteiger partial charge in [0, 0.05) is 43.9 Å². The molecule has 1 saturated heterocycles. The molecule has 0 atom stereocenters. The van der Waals surface area contributed by atoms with Crippen LogP contribution in [0, 0.1) is 10.1 Å². The van der Waals surface area contributed by atoms with Gasteiger partial charge in [-0.3, -0.25) is 19.9 Å². The third kappa shape index (κ3) is 6.86. The van der Waals surface area contributed by atoms with E-state index in [0.29, 0.717) is 23.9 Å². The lowest BCUT2D eigenvalue weighted by Gasteiger charge is -2.29. The summed E-state index contributed by atoms with van der Waals surface area (Å²) in [5.74, 6) is 0.958. The van der Waals surface area contributed by atoms with Gasteiger partial charge in [-0.25, -0.2) is 0 Å². The molecule has 9 heteroatoms. The number of hydrogen-bond acceptors (Lipinski definition) is 8. The first kappa shape index (κ1) is 22.3. The van der Waals surface area contributed by atoms with Gasteiger partial charge in [0.2, 0.25) is 11.8 Å². The summed E-state index contributed by atoms with van der Waals surface area (Å²) in [4.78, 5) is 15.2. The third-order valence-corrected chi connectivity index (χ3v) is 5.31. The van der Waals surface area contributed by atoms with Gasteiger partial charge < -0.3 is 9.15 Å². The maximum atomic E-state index is 10.8. The van der Waals surface area contributed by atoms with Gasteiger partial charge in [0.15, 0.2) is 0 Å². The van der Waals surface area contributed by atoms with Crippen molar-refractivity contribution in [3.63, 3.8) is 0 Å². The van der Waals surface area contributed by atoms with Crippen LogP contribution in [0.4, 0.5) is 5.69 Å². The summed E-state index contributed by atoms with van der Waals surface area (Å²) in [5, 5.41) is 19.2. The molecule has 1 aromatic heterocycles. The van der Waals surface area contributed by atoms with Crippen LogP contribution in [0.15, 0.2) is 28.7 Å². The Hall–Kier alpha value is -2.36. The second-order valence-corrected chi connectivity index (χ2v) is 7.60. The van der Waals surface area contributed by atoms with Crippen molar-refractivity contribution in [3.05, 3.63) is 40.3 Å². The Morgan fingerprint density at radius 1 is 1.10 bits per heavy atom. The highest BCUT2D eigenvalue weighted by atomic mass is 16.6. The Bertz CT molecular complexity index is 774. The zero-order chi connectivity index (χ0) is 21.2. The Kier molecular flexibility index (Phi) is 8.73. The first-order valence-electron chi connectivity index (χ1n) is 10.8. The molecule has 1 aliphatic rings. The van der Waals surface area contributed by atoms with Crippen molar-refractivity contribution in [3.8, 4) is 11.5 Å². The van der Waals surface area contributed by atoms with Crippen LogP contribution in [0.25, 0.3) is 11.5 Å². The molecule has 0 N–H and O–H groups in total. The fourth-order valence-electron chi connectivity index (χ4n) is 3.49. The molecule has 9 nitrogen and oxygen atoms in total. The molecule has 0 amide bonds. The molecule has 0 spiro atoms. The van der Waals surface area contributed by atoms with Gasteiger partial charge >= 0.3 is 0 Å². The van der Waals surface area contributed by atoms with Crippen molar-refractivity contribution < 1.29 is 14.1 Å². The topological polar surface area (TPSA) is 97.8 Å². The Labute approximate surface area is 177 Å². The lowest BCUT2D eigenvalue weighted by atomic mass is 10.2. The van der Waals surface area contributed by atoms with E-state index >= 15 is 0 Å². The molecule has 1 aromatic carbocycles. The van der Waals surface area contributed by atoms with Gasteiger partial charge in [-0.15, -0.1) is 10.2 Å². The molecule has 2 aromatic rings. The number of morpholine rings is 1. The highest BCUT2D eigenvalue weighted by Gasteiger charge is 2.16. The Morgan fingerprint density at radius 3 is 2.57 bits per heavy atom. The molecule has 30 heavy (non-hydrogen) atoms. The van der Waals surface area contributed by atoms with Crippen LogP contribution in [0.5, 0.6) is 0 Å². The Balaban J connectivity index is 1.58. The number of nitro groups is 1. The maximum absolute atomic E-state index is 10.8. The zero-order valence-electron chi connectivity index (χ0n) is 17.7. The van der Waals surface area contributed by atoms with E-state index in [0.717, 1.165) is 52.4 Å². The number of rotatable bonds is 12. The quantitative estimate of drug-likeness (QED) is 0.295. The average Bonchev–Trinajstić information content (AvgIpc) is 3.24. The predicted molar refractivity (Wildman–Crippen MR) is 113 cm³/mol. The fourth-order valence-corrected chi connectivity index (χ4v) is 3.49. The summed E-state index contributed by atoms with van der Waals surface area (Å²) in [7, 11) is 0. The summed E-state index contributed by atoms with van der Waals surface area (Å²) < 4.78 is 11.3. The van der Waals surface area contributed by atoms with Gasteiger partial charge in [0.1, 0.15) is 0 Å².